The van der Waals surface area contributed by atoms with Crippen molar-refractivity contribution in [3.05, 3.63) is 71.8 Å². The minimum Gasteiger partial charge on any atom is -0.345 e. The third-order valence-corrected chi connectivity index (χ3v) is 4.42. The summed E-state index contributed by atoms with van der Waals surface area (Å²) < 4.78 is 0. The normalized spacial score (nSPS) is 13.2. The molecule has 0 aliphatic rings. The average molecular weight is 352 g/mol. The first kappa shape index (κ1) is 19.9. The number of benzene rings is 2. The van der Waals surface area contributed by atoms with Gasteiger partial charge >= 0.3 is 0 Å². The number of hydrogen-bond acceptors (Lipinski definition) is 3. The maximum Gasteiger partial charge on any atom is 0.234 e. The number of carbonyl (C=O) groups is 2. The number of Topliss-reactive ketones (excluding diaryl/α,β-unsaturated/α-hetero) is 1. The first-order valence-electron chi connectivity index (χ1n) is 9.09. The second-order valence-electron chi connectivity index (χ2n) is 6.93. The van der Waals surface area contributed by atoms with Crippen molar-refractivity contribution >= 4 is 11.7 Å². The summed E-state index contributed by atoms with van der Waals surface area (Å²) in [6.07, 6.45) is 0.508. The van der Waals surface area contributed by atoms with Gasteiger partial charge in [0.05, 0.1) is 12.6 Å². The zero-order valence-electron chi connectivity index (χ0n) is 15.7. The molecule has 0 saturated heterocycles. The van der Waals surface area contributed by atoms with Gasteiger partial charge in [-0.15, -0.1) is 0 Å². The smallest absolute Gasteiger partial charge is 0.234 e. The molecular formula is C22H28N2O2. The maximum atomic E-state index is 12.4. The van der Waals surface area contributed by atoms with E-state index in [1.165, 1.54) is 6.92 Å². The average Bonchev–Trinajstić information content (AvgIpc) is 2.62. The van der Waals surface area contributed by atoms with Crippen LogP contribution >= 0.6 is 0 Å². The van der Waals surface area contributed by atoms with Gasteiger partial charge in [-0.1, -0.05) is 74.5 Å². The lowest BCUT2D eigenvalue weighted by Crippen LogP contribution is -2.45. The SMILES string of the molecule is CC(=O)[C@H](Cc1ccccc1)NC(=O)CN[C@H](c1ccccc1)C(C)C. The van der Waals surface area contributed by atoms with E-state index >= 15 is 0 Å². The number of carbonyl (C=O) groups excluding carboxylic acids is 2. The predicted octanol–water partition coefficient (Wildman–Crippen LogP) is 3.29. The molecule has 0 aliphatic carbocycles. The minimum absolute atomic E-state index is 0.0364. The van der Waals surface area contributed by atoms with E-state index in [0.717, 1.165) is 11.1 Å². The van der Waals surface area contributed by atoms with Gasteiger partial charge in [-0.3, -0.25) is 9.59 Å². The lowest BCUT2D eigenvalue weighted by atomic mass is 9.96. The molecule has 2 aromatic carbocycles. The summed E-state index contributed by atoms with van der Waals surface area (Å²) in [6, 6.07) is 19.4. The number of hydrogen-bond donors (Lipinski definition) is 2. The first-order chi connectivity index (χ1) is 12.5. The minimum atomic E-state index is -0.499. The molecule has 26 heavy (non-hydrogen) atoms. The van der Waals surface area contributed by atoms with Gasteiger partial charge in [0.25, 0.3) is 0 Å². The van der Waals surface area contributed by atoms with Crippen LogP contribution in [0, 0.1) is 5.92 Å². The Hall–Kier alpha value is -2.46. The highest BCUT2D eigenvalue weighted by Crippen LogP contribution is 2.20. The molecule has 2 N–H and O–H groups in total. The van der Waals surface area contributed by atoms with Crippen LogP contribution in [0.25, 0.3) is 0 Å². The fourth-order valence-corrected chi connectivity index (χ4v) is 2.99. The number of amides is 1. The van der Waals surface area contributed by atoms with Gasteiger partial charge in [-0.05, 0) is 30.4 Å². The van der Waals surface area contributed by atoms with E-state index < -0.39 is 6.04 Å². The second kappa shape index (κ2) is 9.88. The van der Waals surface area contributed by atoms with Crippen molar-refractivity contribution in [1.82, 2.24) is 10.6 Å². The van der Waals surface area contributed by atoms with Crippen molar-refractivity contribution in [2.45, 2.75) is 39.3 Å². The largest absolute Gasteiger partial charge is 0.345 e. The number of nitrogens with one attached hydrogen (secondary N) is 2. The van der Waals surface area contributed by atoms with Crippen LogP contribution < -0.4 is 10.6 Å². The first-order valence-corrected chi connectivity index (χ1v) is 9.09. The zero-order chi connectivity index (χ0) is 18.9. The van der Waals surface area contributed by atoms with Crippen LogP contribution in [0.3, 0.4) is 0 Å². The Bertz CT molecular complexity index is 699. The van der Waals surface area contributed by atoms with Crippen LogP contribution in [0.15, 0.2) is 60.7 Å². The standard InChI is InChI=1S/C22H28N2O2/c1-16(2)22(19-12-8-5-9-13-19)23-15-21(26)24-20(17(3)25)14-18-10-6-4-7-11-18/h4-13,16,20,22-23H,14-15H2,1-3H3,(H,24,26)/t20-,22-/m0/s1. The fraction of sp³-hybridized carbons (Fsp3) is 0.364. The quantitative estimate of drug-likeness (QED) is 0.728. The second-order valence-corrected chi connectivity index (χ2v) is 6.93. The summed E-state index contributed by atoms with van der Waals surface area (Å²) in [5.74, 6) is 0.145. The molecule has 2 atom stereocenters. The Morgan fingerprint density at radius 2 is 1.50 bits per heavy atom. The van der Waals surface area contributed by atoms with Crippen molar-refractivity contribution < 1.29 is 9.59 Å². The highest BCUT2D eigenvalue weighted by Gasteiger charge is 2.20. The molecule has 0 radical (unpaired) electrons. The van der Waals surface area contributed by atoms with Gasteiger partial charge in [0.15, 0.2) is 5.78 Å². The lowest BCUT2D eigenvalue weighted by Gasteiger charge is -2.23. The fourth-order valence-electron chi connectivity index (χ4n) is 2.99. The van der Waals surface area contributed by atoms with E-state index in [4.69, 9.17) is 0 Å². The van der Waals surface area contributed by atoms with Gasteiger partial charge in [-0.2, -0.15) is 0 Å². The van der Waals surface area contributed by atoms with E-state index in [2.05, 4.69) is 36.6 Å². The molecule has 4 nitrogen and oxygen atoms in total. The number of rotatable bonds is 9. The van der Waals surface area contributed by atoms with Crippen LogP contribution in [0.1, 0.15) is 37.9 Å². The highest BCUT2D eigenvalue weighted by molar-refractivity contribution is 5.88. The Balaban J connectivity index is 1.93. The van der Waals surface area contributed by atoms with E-state index in [1.807, 2.05) is 48.5 Å². The van der Waals surface area contributed by atoms with E-state index in [1.54, 1.807) is 0 Å². The molecule has 0 aliphatic heterocycles. The van der Waals surface area contributed by atoms with Gasteiger partial charge in [0.2, 0.25) is 5.91 Å². The van der Waals surface area contributed by atoms with E-state index in [0.29, 0.717) is 12.3 Å². The Morgan fingerprint density at radius 3 is 2.04 bits per heavy atom. The van der Waals surface area contributed by atoms with Gasteiger partial charge in [-0.25, -0.2) is 0 Å². The van der Waals surface area contributed by atoms with Gasteiger partial charge in [0, 0.05) is 6.04 Å². The molecule has 0 heterocycles. The van der Waals surface area contributed by atoms with Gasteiger partial charge < -0.3 is 10.6 Å². The number of ketones is 1. The molecule has 0 aromatic heterocycles. The van der Waals surface area contributed by atoms with Crippen LogP contribution in [-0.2, 0) is 16.0 Å². The van der Waals surface area contributed by atoms with E-state index in [9.17, 15) is 9.59 Å². The topological polar surface area (TPSA) is 58.2 Å². The van der Waals surface area contributed by atoms with Crippen molar-refractivity contribution in [1.29, 1.82) is 0 Å². The molecule has 1 amide bonds. The molecule has 0 fully saturated rings. The monoisotopic (exact) mass is 352 g/mol. The lowest BCUT2D eigenvalue weighted by molar-refractivity contribution is -0.126. The Labute approximate surface area is 156 Å². The molecule has 0 saturated carbocycles. The van der Waals surface area contributed by atoms with Crippen LogP contribution in [-0.4, -0.2) is 24.3 Å². The summed E-state index contributed by atoms with van der Waals surface area (Å²) >= 11 is 0. The summed E-state index contributed by atoms with van der Waals surface area (Å²) in [5, 5.41) is 6.18. The maximum absolute atomic E-state index is 12.4. The summed E-state index contributed by atoms with van der Waals surface area (Å²) in [7, 11) is 0. The molecule has 138 valence electrons. The highest BCUT2D eigenvalue weighted by atomic mass is 16.2. The van der Waals surface area contributed by atoms with Crippen molar-refractivity contribution in [2.75, 3.05) is 6.54 Å². The molecular weight excluding hydrogens is 324 g/mol. The van der Waals surface area contributed by atoms with Crippen molar-refractivity contribution in [3.63, 3.8) is 0 Å². The third-order valence-electron chi connectivity index (χ3n) is 4.42. The molecule has 0 unspecified atom stereocenters. The molecule has 0 spiro atoms. The molecule has 2 rings (SSSR count). The third kappa shape index (κ3) is 6.12. The summed E-state index contributed by atoms with van der Waals surface area (Å²) in [4.78, 5) is 24.3. The van der Waals surface area contributed by atoms with Gasteiger partial charge in [0.1, 0.15) is 0 Å². The molecule has 2 aromatic rings. The summed E-state index contributed by atoms with van der Waals surface area (Å²) in [6.45, 7) is 5.94. The van der Waals surface area contributed by atoms with Crippen LogP contribution in [0.4, 0.5) is 0 Å². The molecule has 0 bridgehead atoms. The molecule has 4 heteroatoms. The Morgan fingerprint density at radius 1 is 0.923 bits per heavy atom. The Kier molecular flexibility index (Phi) is 7.54. The summed E-state index contributed by atoms with van der Waals surface area (Å²) in [5.41, 5.74) is 2.19. The van der Waals surface area contributed by atoms with E-state index in [-0.39, 0.29) is 24.3 Å². The van der Waals surface area contributed by atoms with Crippen molar-refractivity contribution in [2.24, 2.45) is 5.92 Å². The van der Waals surface area contributed by atoms with Crippen LogP contribution in [0.2, 0.25) is 0 Å². The predicted molar refractivity (Wildman–Crippen MR) is 105 cm³/mol. The zero-order valence-corrected chi connectivity index (χ0v) is 15.7. The van der Waals surface area contributed by atoms with Crippen molar-refractivity contribution in [3.8, 4) is 0 Å². The van der Waals surface area contributed by atoms with Crippen LogP contribution in [0.5, 0.6) is 0 Å².